The predicted molar refractivity (Wildman–Crippen MR) is 70.4 cm³/mol. The quantitative estimate of drug-likeness (QED) is 0.703. The molecule has 0 bridgehead atoms. The smallest absolute Gasteiger partial charge is 0.325 e. The number of carbonyl (C=O) groups excluding carboxylic acids is 2. The number of rotatable bonds is 6. The van der Waals surface area contributed by atoms with Crippen LogP contribution in [0.2, 0.25) is 0 Å². The van der Waals surface area contributed by atoms with Crippen molar-refractivity contribution in [3.05, 3.63) is 0 Å². The molecule has 2 unspecified atom stereocenters. The van der Waals surface area contributed by atoms with E-state index in [-0.39, 0.29) is 24.6 Å². The summed E-state index contributed by atoms with van der Waals surface area (Å²) in [6.07, 6.45) is 0.918. The van der Waals surface area contributed by atoms with E-state index in [2.05, 4.69) is 0 Å². The lowest BCUT2D eigenvalue weighted by Crippen LogP contribution is -2.46. The van der Waals surface area contributed by atoms with Crippen molar-refractivity contribution in [1.29, 1.82) is 0 Å². The molecule has 6 nitrogen and oxygen atoms in total. The molecule has 0 spiro atoms. The van der Waals surface area contributed by atoms with E-state index in [1.165, 1.54) is 4.90 Å². The largest absolute Gasteiger partial charge is 0.465 e. The van der Waals surface area contributed by atoms with Crippen LogP contribution in [0.3, 0.4) is 0 Å². The number of carbonyl (C=O) groups is 2. The molecule has 1 fully saturated rings. The lowest BCUT2D eigenvalue weighted by molar-refractivity contribution is -0.154. The third-order valence-corrected chi connectivity index (χ3v) is 3.16. The molecule has 1 amide bonds. The number of ether oxygens (including phenoxy) is 2. The summed E-state index contributed by atoms with van der Waals surface area (Å²) >= 11 is 0. The first-order valence-corrected chi connectivity index (χ1v) is 6.81. The molecule has 0 aromatic carbocycles. The molecule has 0 aromatic rings. The Morgan fingerprint density at radius 1 is 1.42 bits per heavy atom. The summed E-state index contributed by atoms with van der Waals surface area (Å²) in [6, 6.07) is -0.0718. The summed E-state index contributed by atoms with van der Waals surface area (Å²) in [7, 11) is 0. The standard InChI is InChI=1S/C13H24N2O4/c1-4-18-12(16)8-15(9(2)3)13(17)11-6-5-10(7-14)19-11/h9-11H,4-8,14H2,1-3H3. The fourth-order valence-electron chi connectivity index (χ4n) is 2.11. The second-order valence-corrected chi connectivity index (χ2v) is 4.92. The number of esters is 1. The van der Waals surface area contributed by atoms with E-state index in [0.717, 1.165) is 6.42 Å². The van der Waals surface area contributed by atoms with E-state index in [9.17, 15) is 9.59 Å². The minimum absolute atomic E-state index is 0.0303. The second kappa shape index (κ2) is 7.45. The molecule has 110 valence electrons. The molecule has 2 atom stereocenters. The van der Waals surface area contributed by atoms with E-state index in [0.29, 0.717) is 19.6 Å². The maximum Gasteiger partial charge on any atom is 0.325 e. The molecule has 1 aliphatic rings. The molecule has 0 aliphatic carbocycles. The summed E-state index contributed by atoms with van der Waals surface area (Å²) in [5.41, 5.74) is 5.53. The van der Waals surface area contributed by atoms with E-state index >= 15 is 0 Å². The van der Waals surface area contributed by atoms with E-state index in [1.54, 1.807) is 6.92 Å². The Bertz CT molecular complexity index is 320. The first-order valence-electron chi connectivity index (χ1n) is 6.81. The molecule has 6 heteroatoms. The van der Waals surface area contributed by atoms with Crippen LogP contribution in [0.15, 0.2) is 0 Å². The van der Waals surface area contributed by atoms with Crippen LogP contribution in [0.5, 0.6) is 0 Å². The van der Waals surface area contributed by atoms with Gasteiger partial charge in [0.05, 0.1) is 12.7 Å². The third-order valence-electron chi connectivity index (χ3n) is 3.16. The second-order valence-electron chi connectivity index (χ2n) is 4.92. The Labute approximate surface area is 114 Å². The van der Waals surface area contributed by atoms with Crippen LogP contribution in [-0.2, 0) is 19.1 Å². The molecule has 0 aromatic heterocycles. The van der Waals surface area contributed by atoms with Crippen molar-refractivity contribution in [3.8, 4) is 0 Å². The number of nitrogens with zero attached hydrogens (tertiary/aromatic N) is 1. The van der Waals surface area contributed by atoms with Crippen LogP contribution in [0.4, 0.5) is 0 Å². The number of nitrogens with two attached hydrogens (primary N) is 1. The van der Waals surface area contributed by atoms with E-state index in [1.807, 2.05) is 13.8 Å². The Balaban J connectivity index is 2.61. The average molecular weight is 272 g/mol. The first kappa shape index (κ1) is 15.9. The van der Waals surface area contributed by atoms with Crippen molar-refractivity contribution in [2.75, 3.05) is 19.7 Å². The van der Waals surface area contributed by atoms with Gasteiger partial charge in [0.2, 0.25) is 0 Å². The zero-order valence-corrected chi connectivity index (χ0v) is 11.9. The van der Waals surface area contributed by atoms with Crippen LogP contribution in [-0.4, -0.2) is 54.7 Å². The van der Waals surface area contributed by atoms with Gasteiger partial charge in [0.15, 0.2) is 0 Å². The summed E-state index contributed by atoms with van der Waals surface area (Å²) < 4.78 is 10.5. The number of hydrogen-bond acceptors (Lipinski definition) is 5. The van der Waals surface area contributed by atoms with Gasteiger partial charge in [0.1, 0.15) is 12.6 Å². The zero-order valence-electron chi connectivity index (χ0n) is 11.9. The highest BCUT2D eigenvalue weighted by molar-refractivity contribution is 5.85. The third kappa shape index (κ3) is 4.47. The minimum Gasteiger partial charge on any atom is -0.465 e. The molecule has 19 heavy (non-hydrogen) atoms. The van der Waals surface area contributed by atoms with Crippen LogP contribution < -0.4 is 5.73 Å². The van der Waals surface area contributed by atoms with Crippen LogP contribution >= 0.6 is 0 Å². The summed E-state index contributed by atoms with van der Waals surface area (Å²) in [5, 5.41) is 0. The van der Waals surface area contributed by atoms with Crippen LogP contribution in [0, 0.1) is 0 Å². The normalized spacial score (nSPS) is 22.6. The van der Waals surface area contributed by atoms with Gasteiger partial charge < -0.3 is 20.1 Å². The predicted octanol–water partition coefficient (Wildman–Crippen LogP) is 0.293. The zero-order chi connectivity index (χ0) is 14.4. The van der Waals surface area contributed by atoms with Gasteiger partial charge in [-0.2, -0.15) is 0 Å². The SMILES string of the molecule is CCOC(=O)CN(C(=O)C1CCC(CN)O1)C(C)C. The minimum atomic E-state index is -0.481. The Hall–Kier alpha value is -1.14. The molecule has 0 radical (unpaired) electrons. The topological polar surface area (TPSA) is 81.9 Å². The van der Waals surface area contributed by atoms with E-state index in [4.69, 9.17) is 15.2 Å². The molecule has 1 aliphatic heterocycles. The van der Waals surface area contributed by atoms with Gasteiger partial charge in [0.25, 0.3) is 5.91 Å². The Morgan fingerprint density at radius 3 is 2.58 bits per heavy atom. The van der Waals surface area contributed by atoms with Gasteiger partial charge >= 0.3 is 5.97 Å². The van der Waals surface area contributed by atoms with E-state index < -0.39 is 12.1 Å². The highest BCUT2D eigenvalue weighted by atomic mass is 16.5. The first-order chi connectivity index (χ1) is 8.99. The van der Waals surface area contributed by atoms with Gasteiger partial charge in [0, 0.05) is 12.6 Å². The highest BCUT2D eigenvalue weighted by Crippen LogP contribution is 2.21. The van der Waals surface area contributed by atoms with Gasteiger partial charge in [-0.25, -0.2) is 0 Å². The molecule has 1 rings (SSSR count). The average Bonchev–Trinajstić information content (AvgIpc) is 2.84. The highest BCUT2D eigenvalue weighted by Gasteiger charge is 2.34. The number of hydrogen-bond donors (Lipinski definition) is 1. The van der Waals surface area contributed by atoms with Crippen LogP contribution in [0.25, 0.3) is 0 Å². The lowest BCUT2D eigenvalue weighted by Gasteiger charge is -2.28. The van der Waals surface area contributed by atoms with Gasteiger partial charge in [-0.3, -0.25) is 9.59 Å². The number of amides is 1. The Kier molecular flexibility index (Phi) is 6.24. The lowest BCUT2D eigenvalue weighted by atomic mass is 10.1. The molecule has 0 saturated carbocycles. The van der Waals surface area contributed by atoms with Crippen molar-refractivity contribution in [3.63, 3.8) is 0 Å². The summed E-state index contributed by atoms with van der Waals surface area (Å²) in [6.45, 7) is 6.18. The fraction of sp³-hybridized carbons (Fsp3) is 0.846. The van der Waals surface area contributed by atoms with Crippen molar-refractivity contribution in [2.24, 2.45) is 5.73 Å². The van der Waals surface area contributed by atoms with Gasteiger partial charge in [-0.15, -0.1) is 0 Å². The maximum atomic E-state index is 12.3. The molecular weight excluding hydrogens is 248 g/mol. The summed E-state index contributed by atoms with van der Waals surface area (Å²) in [4.78, 5) is 25.4. The van der Waals surface area contributed by atoms with Crippen molar-refractivity contribution in [1.82, 2.24) is 4.90 Å². The summed E-state index contributed by atoms with van der Waals surface area (Å²) in [5.74, 6) is -0.545. The van der Waals surface area contributed by atoms with Crippen LogP contribution in [0.1, 0.15) is 33.6 Å². The maximum absolute atomic E-state index is 12.3. The van der Waals surface area contributed by atoms with Crippen molar-refractivity contribution in [2.45, 2.75) is 51.9 Å². The monoisotopic (exact) mass is 272 g/mol. The van der Waals surface area contributed by atoms with Crippen molar-refractivity contribution < 1.29 is 19.1 Å². The van der Waals surface area contributed by atoms with Crippen molar-refractivity contribution >= 4 is 11.9 Å². The fourth-order valence-corrected chi connectivity index (χ4v) is 2.11. The molecule has 1 heterocycles. The van der Waals surface area contributed by atoms with Gasteiger partial charge in [-0.1, -0.05) is 0 Å². The molecular formula is C13H24N2O4. The molecule has 2 N–H and O–H groups in total. The Morgan fingerprint density at radius 2 is 2.11 bits per heavy atom. The van der Waals surface area contributed by atoms with Gasteiger partial charge in [-0.05, 0) is 33.6 Å². The molecule has 1 saturated heterocycles.